The maximum Gasteiger partial charge on any atom is 0.156 e. The van der Waals surface area contributed by atoms with Crippen molar-refractivity contribution in [3.63, 3.8) is 0 Å². The lowest BCUT2D eigenvalue weighted by atomic mass is 10.1. The van der Waals surface area contributed by atoms with E-state index in [1.165, 1.54) is 15.2 Å². The molecule has 0 spiro atoms. The molecule has 1 aliphatic rings. The molecule has 0 amide bonds. The molecule has 0 fully saturated rings. The molecule has 7 heteroatoms. The van der Waals surface area contributed by atoms with Gasteiger partial charge in [-0.2, -0.15) is 5.10 Å². The summed E-state index contributed by atoms with van der Waals surface area (Å²) >= 11 is 3.46. The van der Waals surface area contributed by atoms with Crippen molar-refractivity contribution in [3.8, 4) is 10.7 Å². The number of ether oxygens (including phenoxy) is 1. The van der Waals surface area contributed by atoms with Gasteiger partial charge in [-0.1, -0.05) is 6.08 Å². The standard InChI is InChI=1S/C18H16N4OS2/c1-10-7-13(21-22-9-11(2)19-16(10)22)17-20-18-15(25-17)8-14(24-18)12-3-5-23-6-4-12/h3,7-9H,4-6H2,1-2H3. The summed E-state index contributed by atoms with van der Waals surface area (Å²) in [7, 11) is 0. The topological polar surface area (TPSA) is 52.3 Å². The SMILES string of the molecule is Cc1cn2nc(-c3nc4sc(C5=CCOCC5)cc4s3)cc(C)c2n1. The van der Waals surface area contributed by atoms with Crippen molar-refractivity contribution in [1.29, 1.82) is 0 Å². The average Bonchev–Trinajstić information content (AvgIpc) is 3.27. The molecule has 0 N–H and O–H groups in total. The number of aromatic nitrogens is 4. The van der Waals surface area contributed by atoms with Crippen LogP contribution in [-0.4, -0.2) is 32.8 Å². The smallest absolute Gasteiger partial charge is 0.156 e. The first-order valence-electron chi connectivity index (χ1n) is 8.19. The molecular weight excluding hydrogens is 352 g/mol. The first-order chi connectivity index (χ1) is 12.2. The van der Waals surface area contributed by atoms with Crippen LogP contribution in [0.2, 0.25) is 0 Å². The lowest BCUT2D eigenvalue weighted by molar-refractivity contribution is 0.161. The molecule has 5 heterocycles. The molecule has 0 bridgehead atoms. The molecule has 5 nitrogen and oxygen atoms in total. The summed E-state index contributed by atoms with van der Waals surface area (Å²) < 4.78 is 8.48. The summed E-state index contributed by atoms with van der Waals surface area (Å²) in [6.45, 7) is 5.58. The lowest BCUT2D eigenvalue weighted by Gasteiger charge is -2.11. The number of thiazole rings is 1. The van der Waals surface area contributed by atoms with E-state index in [0.717, 1.165) is 45.5 Å². The first kappa shape index (κ1) is 15.2. The van der Waals surface area contributed by atoms with Crippen LogP contribution in [0.4, 0.5) is 0 Å². The van der Waals surface area contributed by atoms with Crippen LogP contribution in [0.5, 0.6) is 0 Å². The van der Waals surface area contributed by atoms with Crippen molar-refractivity contribution in [2.24, 2.45) is 0 Å². The van der Waals surface area contributed by atoms with E-state index in [1.807, 2.05) is 17.6 Å². The van der Waals surface area contributed by atoms with Gasteiger partial charge in [0.15, 0.2) is 5.65 Å². The van der Waals surface area contributed by atoms with E-state index in [1.54, 1.807) is 22.7 Å². The second kappa shape index (κ2) is 5.72. The Labute approximate surface area is 152 Å². The van der Waals surface area contributed by atoms with E-state index in [0.29, 0.717) is 6.61 Å². The molecule has 0 radical (unpaired) electrons. The number of rotatable bonds is 2. The molecule has 4 aromatic rings. The number of hydrogen-bond acceptors (Lipinski definition) is 6. The molecule has 0 saturated carbocycles. The van der Waals surface area contributed by atoms with Crippen molar-refractivity contribution >= 4 is 43.4 Å². The van der Waals surface area contributed by atoms with Gasteiger partial charge in [-0.15, -0.1) is 22.7 Å². The molecule has 0 saturated heterocycles. The summed E-state index contributed by atoms with van der Waals surface area (Å²) in [5.74, 6) is 0. The minimum Gasteiger partial charge on any atom is -0.377 e. The van der Waals surface area contributed by atoms with Crippen molar-refractivity contribution < 1.29 is 4.74 Å². The minimum atomic E-state index is 0.715. The second-order valence-corrected chi connectivity index (χ2v) is 8.28. The molecule has 25 heavy (non-hydrogen) atoms. The maximum absolute atomic E-state index is 5.40. The van der Waals surface area contributed by atoms with E-state index >= 15 is 0 Å². The fourth-order valence-corrected chi connectivity index (χ4v) is 5.34. The summed E-state index contributed by atoms with van der Waals surface area (Å²) in [4.78, 5) is 11.7. The van der Waals surface area contributed by atoms with Crippen LogP contribution in [0.25, 0.3) is 31.5 Å². The zero-order valence-electron chi connectivity index (χ0n) is 13.9. The molecule has 0 atom stereocenters. The average molecular weight is 368 g/mol. The van der Waals surface area contributed by atoms with E-state index in [2.05, 4.69) is 30.1 Å². The van der Waals surface area contributed by atoms with Crippen molar-refractivity contribution in [1.82, 2.24) is 19.6 Å². The van der Waals surface area contributed by atoms with Crippen LogP contribution in [0.3, 0.4) is 0 Å². The van der Waals surface area contributed by atoms with E-state index in [-0.39, 0.29) is 0 Å². The summed E-state index contributed by atoms with van der Waals surface area (Å²) in [5, 5.41) is 5.66. The normalized spacial score (nSPS) is 15.2. The third kappa shape index (κ3) is 2.59. The third-order valence-electron chi connectivity index (χ3n) is 4.32. The molecule has 4 aromatic heterocycles. The predicted molar refractivity (Wildman–Crippen MR) is 102 cm³/mol. The Hall–Kier alpha value is -2.09. The van der Waals surface area contributed by atoms with Crippen LogP contribution in [0.1, 0.15) is 22.6 Å². The molecule has 0 unspecified atom stereocenters. The van der Waals surface area contributed by atoms with Crippen LogP contribution < -0.4 is 0 Å². The summed E-state index contributed by atoms with van der Waals surface area (Å²) in [5.41, 5.74) is 5.29. The second-order valence-electron chi connectivity index (χ2n) is 6.22. The largest absolute Gasteiger partial charge is 0.377 e. The van der Waals surface area contributed by atoms with E-state index < -0.39 is 0 Å². The highest BCUT2D eigenvalue weighted by atomic mass is 32.1. The maximum atomic E-state index is 5.40. The van der Waals surface area contributed by atoms with E-state index in [4.69, 9.17) is 14.8 Å². The highest BCUT2D eigenvalue weighted by Crippen LogP contribution is 2.38. The molecule has 126 valence electrons. The number of hydrogen-bond donors (Lipinski definition) is 0. The Morgan fingerprint density at radius 2 is 2.08 bits per heavy atom. The Morgan fingerprint density at radius 3 is 2.88 bits per heavy atom. The Bertz CT molecular complexity index is 1100. The van der Waals surface area contributed by atoms with Crippen molar-refractivity contribution in [2.75, 3.05) is 13.2 Å². The summed E-state index contributed by atoms with van der Waals surface area (Å²) in [6, 6.07) is 4.33. The van der Waals surface area contributed by atoms with Crippen molar-refractivity contribution in [3.05, 3.63) is 40.5 Å². The lowest BCUT2D eigenvalue weighted by Crippen LogP contribution is -2.02. The molecule has 0 aromatic carbocycles. The number of imidazole rings is 1. The number of aryl methyl sites for hydroxylation is 2. The number of thiophene rings is 1. The van der Waals surface area contributed by atoms with Gasteiger partial charge in [0, 0.05) is 4.88 Å². The highest BCUT2D eigenvalue weighted by molar-refractivity contribution is 7.29. The van der Waals surface area contributed by atoms with Crippen LogP contribution >= 0.6 is 22.7 Å². The fourth-order valence-electron chi connectivity index (χ4n) is 3.10. The number of fused-ring (bicyclic) bond motifs is 2. The van der Waals surface area contributed by atoms with Crippen LogP contribution in [0.15, 0.2) is 24.4 Å². The van der Waals surface area contributed by atoms with Gasteiger partial charge in [-0.3, -0.25) is 0 Å². The number of nitrogens with zero attached hydrogens (tertiary/aromatic N) is 4. The third-order valence-corrected chi connectivity index (χ3v) is 6.58. The van der Waals surface area contributed by atoms with Gasteiger partial charge in [-0.05, 0) is 43.5 Å². The zero-order chi connectivity index (χ0) is 17.0. The van der Waals surface area contributed by atoms with Gasteiger partial charge < -0.3 is 4.74 Å². The van der Waals surface area contributed by atoms with Crippen molar-refractivity contribution in [2.45, 2.75) is 20.3 Å². The fraction of sp³-hybridized carbons (Fsp3) is 0.278. The minimum absolute atomic E-state index is 0.715. The quantitative estimate of drug-likeness (QED) is 0.523. The molecule has 5 rings (SSSR count). The molecule has 1 aliphatic heterocycles. The monoisotopic (exact) mass is 368 g/mol. The Kier molecular flexibility index (Phi) is 3.48. The Balaban J connectivity index is 1.57. The molecular formula is C18H16N4OS2. The Morgan fingerprint density at radius 1 is 1.16 bits per heavy atom. The van der Waals surface area contributed by atoms with Crippen LogP contribution in [0, 0.1) is 13.8 Å². The predicted octanol–water partition coefficient (Wildman–Crippen LogP) is 4.49. The zero-order valence-corrected chi connectivity index (χ0v) is 15.6. The van der Waals surface area contributed by atoms with Crippen LogP contribution in [-0.2, 0) is 4.74 Å². The molecule has 0 aliphatic carbocycles. The van der Waals surface area contributed by atoms with Gasteiger partial charge in [0.2, 0.25) is 0 Å². The van der Waals surface area contributed by atoms with Gasteiger partial charge >= 0.3 is 0 Å². The summed E-state index contributed by atoms with van der Waals surface area (Å²) in [6.07, 6.45) is 5.12. The van der Waals surface area contributed by atoms with E-state index in [9.17, 15) is 0 Å². The van der Waals surface area contributed by atoms with Gasteiger partial charge in [0.05, 0.1) is 29.8 Å². The van der Waals surface area contributed by atoms with Gasteiger partial charge in [-0.25, -0.2) is 14.5 Å². The first-order valence-corrected chi connectivity index (χ1v) is 9.82. The van der Waals surface area contributed by atoms with Gasteiger partial charge in [0.25, 0.3) is 0 Å². The van der Waals surface area contributed by atoms with Gasteiger partial charge in [0.1, 0.15) is 15.5 Å². The highest BCUT2D eigenvalue weighted by Gasteiger charge is 2.16.